The third-order valence-electron chi connectivity index (χ3n) is 2.96. The van der Waals surface area contributed by atoms with Crippen molar-refractivity contribution < 1.29 is 13.6 Å². The minimum atomic E-state index is -2.50. The number of carbonyl (C=O) groups excluding carboxylic acids is 1. The Labute approximate surface area is 115 Å². The highest BCUT2D eigenvalue weighted by Crippen LogP contribution is 2.13. The lowest BCUT2D eigenvalue weighted by Crippen LogP contribution is -2.31. The number of nitrogens with one attached hydrogen (secondary N) is 2. The summed E-state index contributed by atoms with van der Waals surface area (Å²) >= 11 is 0. The van der Waals surface area contributed by atoms with Crippen LogP contribution in [0.2, 0.25) is 0 Å². The maximum absolute atomic E-state index is 12.4. The fourth-order valence-electron chi connectivity index (χ4n) is 1.99. The fraction of sp³-hybridized carbons (Fsp3) is 0.385. The van der Waals surface area contributed by atoms with Gasteiger partial charge in [-0.05, 0) is 18.6 Å². The summed E-state index contributed by atoms with van der Waals surface area (Å²) in [5.74, 6) is 0.256. The minimum Gasteiger partial charge on any atom is -0.347 e. The Morgan fingerprint density at radius 3 is 2.95 bits per heavy atom. The van der Waals surface area contributed by atoms with Crippen LogP contribution in [0.1, 0.15) is 35.7 Å². The first kappa shape index (κ1) is 14.2. The molecule has 2 heterocycles. The summed E-state index contributed by atoms with van der Waals surface area (Å²) in [6, 6.07) is 2.82. The number of imidazole rings is 1. The van der Waals surface area contributed by atoms with Gasteiger partial charge in [0, 0.05) is 18.6 Å². The van der Waals surface area contributed by atoms with E-state index in [1.165, 1.54) is 16.8 Å². The standard InChI is InChI=1S/C13H16F2N4O/c1-2-9(12-16-5-6-17-12)18-13(20)10-4-3-7-19(10)8-11(14)15/h3-7,9,11H,2,8H2,1H3,(H,16,17)(H,18,20). The third kappa shape index (κ3) is 3.23. The van der Waals surface area contributed by atoms with Crippen molar-refractivity contribution >= 4 is 5.91 Å². The van der Waals surface area contributed by atoms with Crippen LogP contribution < -0.4 is 5.32 Å². The van der Waals surface area contributed by atoms with Crippen molar-refractivity contribution in [1.82, 2.24) is 19.9 Å². The molecule has 0 aromatic carbocycles. The summed E-state index contributed by atoms with van der Waals surface area (Å²) < 4.78 is 26.1. The molecule has 1 amide bonds. The maximum atomic E-state index is 12.4. The van der Waals surface area contributed by atoms with E-state index < -0.39 is 13.0 Å². The van der Waals surface area contributed by atoms with Crippen molar-refractivity contribution in [3.05, 3.63) is 42.2 Å². The number of rotatable bonds is 6. The molecule has 0 bridgehead atoms. The zero-order valence-corrected chi connectivity index (χ0v) is 11.0. The van der Waals surface area contributed by atoms with E-state index in [4.69, 9.17) is 0 Å². The highest BCUT2D eigenvalue weighted by Gasteiger charge is 2.19. The third-order valence-corrected chi connectivity index (χ3v) is 2.96. The van der Waals surface area contributed by atoms with Gasteiger partial charge in [-0.2, -0.15) is 0 Å². The number of alkyl halides is 2. The van der Waals surface area contributed by atoms with Gasteiger partial charge in [0.05, 0.1) is 12.6 Å². The van der Waals surface area contributed by atoms with Gasteiger partial charge in [0.1, 0.15) is 11.5 Å². The molecule has 0 saturated carbocycles. The number of hydrogen-bond donors (Lipinski definition) is 2. The Hall–Kier alpha value is -2.18. The summed E-state index contributed by atoms with van der Waals surface area (Å²) in [4.78, 5) is 19.2. The molecule has 1 unspecified atom stereocenters. The highest BCUT2D eigenvalue weighted by molar-refractivity contribution is 5.92. The number of carbonyl (C=O) groups is 1. The summed E-state index contributed by atoms with van der Waals surface area (Å²) in [5, 5.41) is 2.79. The normalized spacial score (nSPS) is 12.6. The van der Waals surface area contributed by atoms with Gasteiger partial charge in [-0.15, -0.1) is 0 Å². The Morgan fingerprint density at radius 2 is 2.35 bits per heavy atom. The van der Waals surface area contributed by atoms with Crippen molar-refractivity contribution in [1.29, 1.82) is 0 Å². The second-order valence-corrected chi connectivity index (χ2v) is 4.35. The number of aromatic amines is 1. The molecule has 0 saturated heterocycles. The number of H-pyrrole nitrogens is 1. The lowest BCUT2D eigenvalue weighted by atomic mass is 10.2. The molecule has 0 spiro atoms. The van der Waals surface area contributed by atoms with E-state index in [1.807, 2.05) is 6.92 Å². The second kappa shape index (κ2) is 6.31. The van der Waals surface area contributed by atoms with E-state index >= 15 is 0 Å². The number of hydrogen-bond acceptors (Lipinski definition) is 2. The number of nitrogens with zero attached hydrogens (tertiary/aromatic N) is 2. The van der Waals surface area contributed by atoms with Gasteiger partial charge in [0.2, 0.25) is 0 Å². The summed E-state index contributed by atoms with van der Waals surface area (Å²) in [6.45, 7) is 1.42. The topological polar surface area (TPSA) is 62.7 Å². The van der Waals surface area contributed by atoms with E-state index in [-0.39, 0.29) is 17.6 Å². The molecule has 2 N–H and O–H groups in total. The molecule has 0 radical (unpaired) electrons. The van der Waals surface area contributed by atoms with E-state index in [9.17, 15) is 13.6 Å². The van der Waals surface area contributed by atoms with Crippen LogP contribution in [0.3, 0.4) is 0 Å². The average Bonchev–Trinajstić information content (AvgIpc) is 3.05. The molecule has 2 aromatic heterocycles. The Bertz CT molecular complexity index is 550. The lowest BCUT2D eigenvalue weighted by molar-refractivity contribution is 0.0911. The van der Waals surface area contributed by atoms with Gasteiger partial charge < -0.3 is 14.9 Å². The molecule has 2 aromatic rings. The Balaban J connectivity index is 2.10. The van der Waals surface area contributed by atoms with Gasteiger partial charge in [-0.1, -0.05) is 6.92 Å². The maximum Gasteiger partial charge on any atom is 0.268 e. The molecule has 0 fully saturated rings. The van der Waals surface area contributed by atoms with Crippen LogP contribution in [-0.4, -0.2) is 26.9 Å². The largest absolute Gasteiger partial charge is 0.347 e. The van der Waals surface area contributed by atoms with E-state index in [0.29, 0.717) is 12.2 Å². The van der Waals surface area contributed by atoms with Gasteiger partial charge in [-0.25, -0.2) is 13.8 Å². The van der Waals surface area contributed by atoms with Crippen LogP contribution in [0.15, 0.2) is 30.7 Å². The quantitative estimate of drug-likeness (QED) is 0.854. The molecule has 2 rings (SSSR count). The average molecular weight is 282 g/mol. The van der Waals surface area contributed by atoms with Gasteiger partial charge in [0.15, 0.2) is 0 Å². The zero-order valence-electron chi connectivity index (χ0n) is 11.0. The molecule has 5 nitrogen and oxygen atoms in total. The zero-order chi connectivity index (χ0) is 14.5. The summed E-state index contributed by atoms with van der Waals surface area (Å²) in [6.07, 6.45) is 2.89. The first-order valence-corrected chi connectivity index (χ1v) is 6.35. The van der Waals surface area contributed by atoms with Crippen LogP contribution in [-0.2, 0) is 6.54 Å². The molecule has 0 aliphatic carbocycles. The molecular formula is C13H16F2N4O. The molecule has 20 heavy (non-hydrogen) atoms. The number of amides is 1. The van der Waals surface area contributed by atoms with Gasteiger partial charge in [0.25, 0.3) is 12.3 Å². The van der Waals surface area contributed by atoms with Crippen molar-refractivity contribution in [2.75, 3.05) is 0 Å². The first-order valence-electron chi connectivity index (χ1n) is 6.35. The molecular weight excluding hydrogens is 266 g/mol. The van der Waals surface area contributed by atoms with E-state index in [1.54, 1.807) is 18.5 Å². The van der Waals surface area contributed by atoms with Crippen LogP contribution in [0.25, 0.3) is 0 Å². The Kier molecular flexibility index (Phi) is 4.49. The van der Waals surface area contributed by atoms with Gasteiger partial charge in [-0.3, -0.25) is 4.79 Å². The highest BCUT2D eigenvalue weighted by atomic mass is 19.3. The van der Waals surface area contributed by atoms with Crippen molar-refractivity contribution in [3.8, 4) is 0 Å². The monoisotopic (exact) mass is 282 g/mol. The van der Waals surface area contributed by atoms with E-state index in [2.05, 4.69) is 15.3 Å². The van der Waals surface area contributed by atoms with Crippen molar-refractivity contribution in [2.45, 2.75) is 32.4 Å². The fourth-order valence-corrected chi connectivity index (χ4v) is 1.99. The molecule has 0 aliphatic rings. The molecule has 1 atom stereocenters. The minimum absolute atomic E-state index is 0.218. The molecule has 0 aliphatic heterocycles. The SMILES string of the molecule is CCC(NC(=O)c1cccn1CC(F)F)c1ncc[nH]1. The number of halogens is 2. The predicted octanol–water partition coefficient (Wildman–Crippen LogP) is 2.36. The Morgan fingerprint density at radius 1 is 1.55 bits per heavy atom. The number of aromatic nitrogens is 3. The van der Waals surface area contributed by atoms with Crippen molar-refractivity contribution in [3.63, 3.8) is 0 Å². The van der Waals surface area contributed by atoms with Crippen LogP contribution in [0.4, 0.5) is 8.78 Å². The van der Waals surface area contributed by atoms with Crippen LogP contribution >= 0.6 is 0 Å². The van der Waals surface area contributed by atoms with Crippen LogP contribution in [0.5, 0.6) is 0 Å². The van der Waals surface area contributed by atoms with Gasteiger partial charge >= 0.3 is 0 Å². The van der Waals surface area contributed by atoms with Crippen LogP contribution in [0, 0.1) is 0 Å². The molecule has 108 valence electrons. The van der Waals surface area contributed by atoms with Crippen molar-refractivity contribution in [2.24, 2.45) is 0 Å². The lowest BCUT2D eigenvalue weighted by Gasteiger charge is -2.15. The first-order chi connectivity index (χ1) is 9.61. The predicted molar refractivity (Wildman–Crippen MR) is 69.5 cm³/mol. The summed E-state index contributed by atoms with van der Waals surface area (Å²) in [7, 11) is 0. The smallest absolute Gasteiger partial charge is 0.268 e. The summed E-state index contributed by atoms with van der Waals surface area (Å²) in [5.41, 5.74) is 0.218. The second-order valence-electron chi connectivity index (χ2n) is 4.35. The molecule has 7 heteroatoms. The van der Waals surface area contributed by atoms with E-state index in [0.717, 1.165) is 0 Å².